The van der Waals surface area contributed by atoms with Crippen LogP contribution in [0.2, 0.25) is 0 Å². The van der Waals surface area contributed by atoms with Gasteiger partial charge in [0.05, 0.1) is 11.3 Å². The van der Waals surface area contributed by atoms with Gasteiger partial charge in [-0.2, -0.15) is 0 Å². The standard InChI is InChI=1S/C17H15FN4O2/c18-13-1-2-14-15(7-13)24-21-16(14)11-3-5-22(6-4-11)17(23)12-8-19-10-20-9-12/h1-2,7-11H,3-6H2. The Morgan fingerprint density at radius 1 is 1.21 bits per heavy atom. The number of halogens is 1. The molecule has 0 unspecified atom stereocenters. The Kier molecular flexibility index (Phi) is 3.68. The van der Waals surface area contributed by atoms with Crippen LogP contribution in [0.15, 0.2) is 41.4 Å². The third-order valence-corrected chi connectivity index (χ3v) is 4.44. The topological polar surface area (TPSA) is 72.1 Å². The monoisotopic (exact) mass is 326 g/mol. The molecule has 1 aliphatic rings. The number of rotatable bonds is 2. The van der Waals surface area contributed by atoms with E-state index in [2.05, 4.69) is 15.1 Å². The number of carbonyl (C=O) groups is 1. The van der Waals surface area contributed by atoms with E-state index in [4.69, 9.17) is 4.52 Å². The average molecular weight is 326 g/mol. The summed E-state index contributed by atoms with van der Waals surface area (Å²) in [5, 5.41) is 4.97. The van der Waals surface area contributed by atoms with E-state index in [0.29, 0.717) is 24.2 Å². The number of likely N-dealkylation sites (tertiary alicyclic amines) is 1. The Morgan fingerprint density at radius 2 is 1.96 bits per heavy atom. The maximum atomic E-state index is 13.2. The molecule has 1 amide bonds. The van der Waals surface area contributed by atoms with Crippen molar-refractivity contribution in [1.29, 1.82) is 0 Å². The van der Waals surface area contributed by atoms with E-state index in [1.165, 1.54) is 30.9 Å². The highest BCUT2D eigenvalue weighted by atomic mass is 19.1. The van der Waals surface area contributed by atoms with Crippen molar-refractivity contribution in [1.82, 2.24) is 20.0 Å². The van der Waals surface area contributed by atoms with Crippen LogP contribution in [0.1, 0.15) is 34.8 Å². The molecule has 24 heavy (non-hydrogen) atoms. The lowest BCUT2D eigenvalue weighted by Gasteiger charge is -2.31. The number of benzene rings is 1. The number of piperidine rings is 1. The van der Waals surface area contributed by atoms with Crippen LogP contribution in [0.4, 0.5) is 4.39 Å². The van der Waals surface area contributed by atoms with Gasteiger partial charge in [0.2, 0.25) is 0 Å². The molecule has 3 aromatic rings. The van der Waals surface area contributed by atoms with E-state index in [0.717, 1.165) is 23.9 Å². The second-order valence-corrected chi connectivity index (χ2v) is 5.90. The van der Waals surface area contributed by atoms with Crippen LogP contribution in [0, 0.1) is 5.82 Å². The highest BCUT2D eigenvalue weighted by Gasteiger charge is 2.27. The second-order valence-electron chi connectivity index (χ2n) is 5.90. The summed E-state index contributed by atoms with van der Waals surface area (Å²) in [6.45, 7) is 1.27. The molecule has 0 saturated carbocycles. The van der Waals surface area contributed by atoms with Crippen LogP contribution < -0.4 is 0 Å². The highest BCUT2D eigenvalue weighted by Crippen LogP contribution is 2.33. The minimum Gasteiger partial charge on any atom is -0.356 e. The molecule has 0 aliphatic carbocycles. The van der Waals surface area contributed by atoms with E-state index in [9.17, 15) is 9.18 Å². The van der Waals surface area contributed by atoms with Crippen LogP contribution in [0.3, 0.4) is 0 Å². The summed E-state index contributed by atoms with van der Waals surface area (Å²) in [5.41, 5.74) is 1.81. The number of carbonyl (C=O) groups excluding carboxylic acids is 1. The van der Waals surface area contributed by atoms with Crippen LogP contribution >= 0.6 is 0 Å². The normalized spacial score (nSPS) is 15.8. The van der Waals surface area contributed by atoms with Gasteiger partial charge in [-0.05, 0) is 25.0 Å². The van der Waals surface area contributed by atoms with Crippen LogP contribution in [0.5, 0.6) is 0 Å². The van der Waals surface area contributed by atoms with Gasteiger partial charge in [0.15, 0.2) is 5.58 Å². The first-order valence-corrected chi connectivity index (χ1v) is 7.81. The fourth-order valence-electron chi connectivity index (χ4n) is 3.17. The van der Waals surface area contributed by atoms with Gasteiger partial charge in [0.1, 0.15) is 12.1 Å². The first-order valence-electron chi connectivity index (χ1n) is 7.81. The van der Waals surface area contributed by atoms with Gasteiger partial charge in [-0.3, -0.25) is 4.79 Å². The maximum absolute atomic E-state index is 13.2. The van der Waals surface area contributed by atoms with Crippen molar-refractivity contribution >= 4 is 16.9 Å². The van der Waals surface area contributed by atoms with Gasteiger partial charge in [-0.1, -0.05) is 5.16 Å². The molecular formula is C17H15FN4O2. The SMILES string of the molecule is O=C(c1cncnc1)N1CCC(c2noc3cc(F)ccc23)CC1. The van der Waals surface area contributed by atoms with Crippen molar-refractivity contribution < 1.29 is 13.7 Å². The summed E-state index contributed by atoms with van der Waals surface area (Å²) < 4.78 is 18.5. The zero-order valence-corrected chi connectivity index (χ0v) is 12.9. The zero-order chi connectivity index (χ0) is 16.5. The van der Waals surface area contributed by atoms with E-state index < -0.39 is 0 Å². The molecule has 1 saturated heterocycles. The summed E-state index contributed by atoms with van der Waals surface area (Å²) in [6, 6.07) is 4.46. The summed E-state index contributed by atoms with van der Waals surface area (Å²) in [6.07, 6.45) is 6.04. The molecule has 1 aromatic carbocycles. The van der Waals surface area contributed by atoms with Gasteiger partial charge in [-0.25, -0.2) is 14.4 Å². The van der Waals surface area contributed by atoms with Gasteiger partial charge in [0.25, 0.3) is 5.91 Å². The number of nitrogens with zero attached hydrogens (tertiary/aromatic N) is 4. The van der Waals surface area contributed by atoms with E-state index in [1.807, 2.05) is 0 Å². The molecule has 2 aromatic heterocycles. The Morgan fingerprint density at radius 3 is 2.71 bits per heavy atom. The summed E-state index contributed by atoms with van der Waals surface area (Å²) in [4.78, 5) is 22.0. The highest BCUT2D eigenvalue weighted by molar-refractivity contribution is 5.93. The van der Waals surface area contributed by atoms with Crippen molar-refractivity contribution in [3.63, 3.8) is 0 Å². The van der Waals surface area contributed by atoms with Crippen molar-refractivity contribution in [3.05, 3.63) is 54.0 Å². The Balaban J connectivity index is 1.48. The Hall–Kier alpha value is -2.83. The van der Waals surface area contributed by atoms with Gasteiger partial charge >= 0.3 is 0 Å². The lowest BCUT2D eigenvalue weighted by molar-refractivity contribution is 0.0711. The van der Waals surface area contributed by atoms with E-state index in [-0.39, 0.29) is 17.6 Å². The first-order chi connectivity index (χ1) is 11.7. The van der Waals surface area contributed by atoms with Crippen molar-refractivity contribution in [3.8, 4) is 0 Å². The van der Waals surface area contributed by atoms with Gasteiger partial charge in [0, 0.05) is 42.9 Å². The molecule has 0 radical (unpaired) electrons. The summed E-state index contributed by atoms with van der Waals surface area (Å²) in [7, 11) is 0. The Bertz CT molecular complexity index is 873. The fraction of sp³-hybridized carbons (Fsp3) is 0.294. The average Bonchev–Trinajstić information content (AvgIpc) is 3.05. The quantitative estimate of drug-likeness (QED) is 0.724. The summed E-state index contributed by atoms with van der Waals surface area (Å²) >= 11 is 0. The number of amides is 1. The van der Waals surface area contributed by atoms with Crippen LogP contribution in [-0.4, -0.2) is 39.0 Å². The lowest BCUT2D eigenvalue weighted by atomic mass is 9.91. The number of aromatic nitrogens is 3. The molecule has 0 atom stereocenters. The smallest absolute Gasteiger partial charge is 0.256 e. The molecule has 0 spiro atoms. The predicted octanol–water partition coefficient (Wildman–Crippen LogP) is 2.78. The molecule has 7 heteroatoms. The number of hydrogen-bond acceptors (Lipinski definition) is 5. The van der Waals surface area contributed by atoms with Crippen molar-refractivity contribution in [2.75, 3.05) is 13.1 Å². The molecule has 122 valence electrons. The van der Waals surface area contributed by atoms with Gasteiger partial charge < -0.3 is 9.42 Å². The van der Waals surface area contributed by atoms with E-state index in [1.54, 1.807) is 11.0 Å². The largest absolute Gasteiger partial charge is 0.356 e. The Labute approximate surface area is 137 Å². The van der Waals surface area contributed by atoms with Gasteiger partial charge in [-0.15, -0.1) is 0 Å². The third kappa shape index (κ3) is 2.62. The van der Waals surface area contributed by atoms with E-state index >= 15 is 0 Å². The maximum Gasteiger partial charge on any atom is 0.256 e. The predicted molar refractivity (Wildman–Crippen MR) is 83.9 cm³/mol. The van der Waals surface area contributed by atoms with Crippen LogP contribution in [0.25, 0.3) is 11.0 Å². The van der Waals surface area contributed by atoms with Crippen LogP contribution in [-0.2, 0) is 0 Å². The molecule has 3 heterocycles. The molecule has 0 N–H and O–H groups in total. The molecule has 6 nitrogen and oxygen atoms in total. The fourth-order valence-corrected chi connectivity index (χ4v) is 3.17. The minimum atomic E-state index is -0.337. The molecular weight excluding hydrogens is 311 g/mol. The molecule has 1 aliphatic heterocycles. The summed E-state index contributed by atoms with van der Waals surface area (Å²) in [5.74, 6) is -0.190. The third-order valence-electron chi connectivity index (χ3n) is 4.44. The number of hydrogen-bond donors (Lipinski definition) is 0. The second kappa shape index (κ2) is 5.99. The zero-order valence-electron chi connectivity index (χ0n) is 12.9. The molecule has 0 bridgehead atoms. The molecule has 1 fully saturated rings. The first kappa shape index (κ1) is 14.7. The molecule has 4 rings (SSSR count). The number of fused-ring (bicyclic) bond motifs is 1. The lowest BCUT2D eigenvalue weighted by Crippen LogP contribution is -2.38. The minimum absolute atomic E-state index is 0.0545. The van der Waals surface area contributed by atoms with Crippen molar-refractivity contribution in [2.45, 2.75) is 18.8 Å². The van der Waals surface area contributed by atoms with Crippen molar-refractivity contribution in [2.24, 2.45) is 0 Å².